The van der Waals surface area contributed by atoms with Crippen LogP contribution in [0.15, 0.2) is 6.07 Å². The van der Waals surface area contributed by atoms with E-state index in [1.807, 2.05) is 27.7 Å². The summed E-state index contributed by atoms with van der Waals surface area (Å²) in [5.41, 5.74) is -0.145. The van der Waals surface area contributed by atoms with E-state index >= 15 is 0 Å². The molecule has 1 aromatic carbocycles. The Kier molecular flexibility index (Phi) is 4.67. The summed E-state index contributed by atoms with van der Waals surface area (Å²) in [6.45, 7) is 10.6. The van der Waals surface area contributed by atoms with Crippen LogP contribution >= 0.6 is 0 Å². The van der Waals surface area contributed by atoms with Gasteiger partial charge in [-0.25, -0.2) is 17.6 Å². The third kappa shape index (κ3) is 3.16. The molecule has 27 heavy (non-hydrogen) atoms. The molecule has 146 valence electrons. The van der Waals surface area contributed by atoms with Gasteiger partial charge >= 0.3 is 7.12 Å². The Morgan fingerprint density at radius 1 is 0.963 bits per heavy atom. The highest BCUT2D eigenvalue weighted by atomic mass is 19.2. The van der Waals surface area contributed by atoms with Crippen molar-refractivity contribution in [1.29, 1.82) is 0 Å². The molecule has 0 spiro atoms. The second-order valence-electron chi connectivity index (χ2n) is 7.78. The highest BCUT2D eigenvalue weighted by molar-refractivity contribution is 6.63. The van der Waals surface area contributed by atoms with Gasteiger partial charge in [0.05, 0.1) is 29.0 Å². The topological polar surface area (TPSA) is 36.3 Å². The summed E-state index contributed by atoms with van der Waals surface area (Å²) in [4.78, 5) is 0. The van der Waals surface area contributed by atoms with Crippen LogP contribution in [0.1, 0.15) is 44.6 Å². The Bertz CT molecular complexity index is 869. The van der Waals surface area contributed by atoms with Crippen LogP contribution in [0.2, 0.25) is 0 Å². The quantitative estimate of drug-likeness (QED) is 0.463. The van der Waals surface area contributed by atoms with Crippen LogP contribution in [0.5, 0.6) is 0 Å². The van der Waals surface area contributed by atoms with Crippen LogP contribution in [0.4, 0.5) is 17.6 Å². The predicted octanol–water partition coefficient (Wildman–Crippen LogP) is 3.40. The van der Waals surface area contributed by atoms with E-state index in [-0.39, 0.29) is 6.07 Å². The van der Waals surface area contributed by atoms with E-state index < -0.39 is 53.7 Å². The minimum absolute atomic E-state index is 0.186. The van der Waals surface area contributed by atoms with Crippen molar-refractivity contribution in [2.75, 3.05) is 0 Å². The molecule has 0 radical (unpaired) electrons. The second kappa shape index (κ2) is 6.34. The van der Waals surface area contributed by atoms with E-state index in [0.717, 1.165) is 0 Å². The summed E-state index contributed by atoms with van der Waals surface area (Å²) >= 11 is 0. The summed E-state index contributed by atoms with van der Waals surface area (Å²) in [7, 11) is -0.706. The zero-order chi connectivity index (χ0) is 20.3. The van der Waals surface area contributed by atoms with Crippen LogP contribution < -0.4 is 5.46 Å². The van der Waals surface area contributed by atoms with E-state index in [9.17, 15) is 17.6 Å². The maximum absolute atomic E-state index is 14.0. The monoisotopic (exact) mass is 384 g/mol. The second-order valence-corrected chi connectivity index (χ2v) is 7.78. The summed E-state index contributed by atoms with van der Waals surface area (Å²) in [6.07, 6.45) is 0. The van der Waals surface area contributed by atoms with Gasteiger partial charge < -0.3 is 9.31 Å². The lowest BCUT2D eigenvalue weighted by atomic mass is 9.77. The number of halogens is 4. The van der Waals surface area contributed by atoms with Crippen molar-refractivity contribution in [3.05, 3.63) is 46.3 Å². The number of hydrogen-bond acceptors (Lipinski definition) is 3. The molecule has 0 saturated carbocycles. The molecule has 1 aromatic heterocycles. The number of aryl methyl sites for hydroxylation is 1. The maximum atomic E-state index is 14.0. The van der Waals surface area contributed by atoms with Crippen molar-refractivity contribution in [3.8, 4) is 0 Å². The Balaban J connectivity index is 1.99. The largest absolute Gasteiger partial charge is 0.498 e. The lowest BCUT2D eigenvalue weighted by molar-refractivity contribution is 0.00578. The van der Waals surface area contributed by atoms with Gasteiger partial charge in [-0.15, -0.1) is 0 Å². The number of benzene rings is 1. The summed E-state index contributed by atoms with van der Waals surface area (Å²) < 4.78 is 68.3. The third-order valence-electron chi connectivity index (χ3n) is 5.44. The first-order chi connectivity index (χ1) is 12.4. The van der Waals surface area contributed by atoms with Gasteiger partial charge in [-0.3, -0.25) is 4.68 Å². The fourth-order valence-electron chi connectivity index (χ4n) is 3.08. The molecule has 1 aliphatic heterocycles. The number of rotatable bonds is 3. The Morgan fingerprint density at radius 2 is 1.44 bits per heavy atom. The molecular formula is C18H21BF4N2O2. The van der Waals surface area contributed by atoms with Crippen molar-refractivity contribution in [2.45, 2.75) is 59.3 Å². The Hall–Kier alpha value is -1.87. The number of nitrogens with zero attached hydrogens (tertiary/aromatic N) is 2. The lowest BCUT2D eigenvalue weighted by Crippen LogP contribution is -2.41. The first kappa shape index (κ1) is 19.9. The van der Waals surface area contributed by atoms with Gasteiger partial charge in [0.15, 0.2) is 23.3 Å². The molecule has 1 aliphatic rings. The first-order valence-corrected chi connectivity index (χ1v) is 8.57. The molecule has 0 bridgehead atoms. The van der Waals surface area contributed by atoms with Gasteiger partial charge in [-0.05, 0) is 41.5 Å². The molecule has 0 unspecified atom stereocenters. The van der Waals surface area contributed by atoms with Crippen molar-refractivity contribution in [2.24, 2.45) is 0 Å². The SMILES string of the molecule is Cc1nn(Cc2c(F)c(F)cc(F)c2F)c(C)c1B1OC(C)(C)C(C)(C)O1. The molecule has 2 heterocycles. The van der Waals surface area contributed by atoms with Crippen LogP contribution in [0, 0.1) is 37.1 Å². The van der Waals surface area contributed by atoms with E-state index in [1.54, 1.807) is 13.8 Å². The molecule has 4 nitrogen and oxygen atoms in total. The number of hydrogen-bond donors (Lipinski definition) is 0. The molecule has 1 saturated heterocycles. The van der Waals surface area contributed by atoms with Crippen molar-refractivity contribution in [1.82, 2.24) is 9.78 Å². The molecule has 9 heteroatoms. The van der Waals surface area contributed by atoms with Gasteiger partial charge in [0.1, 0.15) is 0 Å². The van der Waals surface area contributed by atoms with E-state index in [4.69, 9.17) is 9.31 Å². The minimum Gasteiger partial charge on any atom is -0.399 e. The minimum atomic E-state index is -1.45. The third-order valence-corrected chi connectivity index (χ3v) is 5.44. The molecule has 1 fully saturated rings. The molecule has 0 aliphatic carbocycles. The van der Waals surface area contributed by atoms with Gasteiger partial charge in [0, 0.05) is 17.2 Å². The van der Waals surface area contributed by atoms with Gasteiger partial charge in [0.25, 0.3) is 0 Å². The zero-order valence-electron chi connectivity index (χ0n) is 16.1. The maximum Gasteiger partial charge on any atom is 0.498 e. The fraction of sp³-hybridized carbons (Fsp3) is 0.500. The molecule has 0 atom stereocenters. The Labute approximate surface area is 155 Å². The zero-order valence-corrected chi connectivity index (χ0v) is 16.1. The van der Waals surface area contributed by atoms with Gasteiger partial charge in [-0.1, -0.05) is 0 Å². The fourth-order valence-corrected chi connectivity index (χ4v) is 3.08. The smallest absolute Gasteiger partial charge is 0.399 e. The molecule has 0 N–H and O–H groups in total. The standard InChI is InChI=1S/C18H21BF4N2O2/c1-9-14(19-26-17(3,4)18(5,6)27-19)10(2)25(24-9)8-11-15(22)12(20)7-13(21)16(11)23/h7H,8H2,1-6H3. The van der Waals surface area contributed by atoms with Crippen molar-refractivity contribution in [3.63, 3.8) is 0 Å². The van der Waals surface area contributed by atoms with Crippen LogP contribution in [-0.4, -0.2) is 28.1 Å². The van der Waals surface area contributed by atoms with Crippen LogP contribution in [-0.2, 0) is 15.9 Å². The van der Waals surface area contributed by atoms with E-state index in [0.29, 0.717) is 16.9 Å². The van der Waals surface area contributed by atoms with Gasteiger partial charge in [0.2, 0.25) is 0 Å². The highest BCUT2D eigenvalue weighted by Crippen LogP contribution is 2.37. The molecule has 2 aromatic rings. The van der Waals surface area contributed by atoms with Crippen molar-refractivity contribution >= 4 is 12.6 Å². The number of aromatic nitrogens is 2. The average molecular weight is 384 g/mol. The van der Waals surface area contributed by atoms with Crippen LogP contribution in [0.25, 0.3) is 0 Å². The highest BCUT2D eigenvalue weighted by Gasteiger charge is 2.53. The predicted molar refractivity (Wildman–Crippen MR) is 92.8 cm³/mol. The van der Waals surface area contributed by atoms with Crippen molar-refractivity contribution < 1.29 is 26.9 Å². The normalized spacial score (nSPS) is 18.4. The van der Waals surface area contributed by atoms with E-state index in [2.05, 4.69) is 5.10 Å². The van der Waals surface area contributed by atoms with Gasteiger partial charge in [-0.2, -0.15) is 5.10 Å². The summed E-state index contributed by atoms with van der Waals surface area (Å²) in [6, 6.07) is 0.186. The Morgan fingerprint density at radius 3 is 1.93 bits per heavy atom. The summed E-state index contributed by atoms with van der Waals surface area (Å²) in [5, 5.41) is 4.27. The lowest BCUT2D eigenvalue weighted by Gasteiger charge is -2.32. The van der Waals surface area contributed by atoms with Crippen LogP contribution in [0.3, 0.4) is 0 Å². The first-order valence-electron chi connectivity index (χ1n) is 8.57. The molecule has 3 rings (SSSR count). The molecular weight excluding hydrogens is 363 g/mol. The van der Waals surface area contributed by atoms with E-state index in [1.165, 1.54) is 4.68 Å². The molecule has 0 amide bonds. The summed E-state index contributed by atoms with van der Waals surface area (Å²) in [5.74, 6) is -5.76. The average Bonchev–Trinajstić information content (AvgIpc) is 2.93.